The van der Waals surface area contributed by atoms with Gasteiger partial charge in [0.25, 0.3) is 0 Å². The van der Waals surface area contributed by atoms with Gasteiger partial charge < -0.3 is 4.74 Å². The van der Waals surface area contributed by atoms with E-state index in [9.17, 15) is 9.59 Å². The Hall–Kier alpha value is -2.18. The number of carbonyl (C=O) groups excluding carboxylic acids is 2. The molecule has 0 saturated heterocycles. The third-order valence-electron chi connectivity index (χ3n) is 2.85. The highest BCUT2D eigenvalue weighted by atomic mass is 32.1. The van der Waals surface area contributed by atoms with E-state index in [2.05, 4.69) is 15.4 Å². The van der Waals surface area contributed by atoms with E-state index in [4.69, 9.17) is 0 Å². The third kappa shape index (κ3) is 4.40. The molecule has 0 unspecified atom stereocenters. The zero-order valence-electron chi connectivity index (χ0n) is 11.5. The normalized spacial score (nSPS) is 11.7. The number of benzene rings is 1. The van der Waals surface area contributed by atoms with Crippen LogP contribution in [0.25, 0.3) is 0 Å². The maximum atomic E-state index is 11.6. The van der Waals surface area contributed by atoms with Crippen LogP contribution in [-0.2, 0) is 9.53 Å². The topological polar surface area (TPSA) is 67.4 Å². The Bertz CT molecular complexity index is 584. The summed E-state index contributed by atoms with van der Waals surface area (Å²) in [5.41, 5.74) is 1.06. The predicted octanol–water partition coefficient (Wildman–Crippen LogP) is 2.31. The monoisotopic (exact) mass is 304 g/mol. The van der Waals surface area contributed by atoms with Crippen LogP contribution >= 0.6 is 11.3 Å². The van der Waals surface area contributed by atoms with E-state index >= 15 is 0 Å². The van der Waals surface area contributed by atoms with Crippen molar-refractivity contribution >= 4 is 23.3 Å². The van der Waals surface area contributed by atoms with Gasteiger partial charge in [-0.2, -0.15) is 0 Å². The van der Waals surface area contributed by atoms with Crippen LogP contribution in [0, 0.1) is 0 Å². The van der Waals surface area contributed by atoms with Crippen LogP contribution in [0.5, 0.6) is 0 Å². The molecule has 6 heteroatoms. The number of hydrogen-bond donors (Lipinski definition) is 2. The molecule has 1 atom stereocenters. The summed E-state index contributed by atoms with van der Waals surface area (Å²) < 4.78 is 4.39. The van der Waals surface area contributed by atoms with Gasteiger partial charge in [-0.3, -0.25) is 15.4 Å². The third-order valence-corrected chi connectivity index (χ3v) is 3.79. The summed E-state index contributed by atoms with van der Waals surface area (Å²) in [5.74, 6) is -0.431. The van der Waals surface area contributed by atoms with Crippen LogP contribution in [0.1, 0.15) is 16.5 Å². The molecule has 2 N–H and O–H groups in total. The first kappa shape index (κ1) is 15.2. The predicted molar refractivity (Wildman–Crippen MR) is 81.2 cm³/mol. The van der Waals surface area contributed by atoms with Crippen LogP contribution in [0.3, 0.4) is 0 Å². The van der Waals surface area contributed by atoms with Crippen molar-refractivity contribution in [3.63, 3.8) is 0 Å². The van der Waals surface area contributed by atoms with E-state index in [1.807, 2.05) is 47.8 Å². The lowest BCUT2D eigenvalue weighted by Crippen LogP contribution is -2.39. The van der Waals surface area contributed by atoms with Crippen molar-refractivity contribution in [3.05, 3.63) is 58.3 Å². The van der Waals surface area contributed by atoms with E-state index in [0.29, 0.717) is 0 Å². The molecular weight excluding hydrogens is 288 g/mol. The lowest BCUT2D eigenvalue weighted by atomic mass is 10.1. The van der Waals surface area contributed by atoms with Crippen molar-refractivity contribution < 1.29 is 14.3 Å². The molecule has 0 spiro atoms. The number of ether oxygens (including phenoxy) is 1. The number of carbonyl (C=O) groups is 2. The summed E-state index contributed by atoms with van der Waals surface area (Å²) in [4.78, 5) is 23.7. The number of rotatable bonds is 5. The highest BCUT2D eigenvalue weighted by Crippen LogP contribution is 2.25. The van der Waals surface area contributed by atoms with Crippen LogP contribution in [-0.4, -0.2) is 25.7 Å². The molecule has 1 aromatic heterocycles. The standard InChI is InChI=1S/C15H16N2O3S/c1-20-15(19)17-13(18)10-16-14(12-8-5-9-21-12)11-6-3-2-4-7-11/h2-9,14,16H,10H2,1H3,(H,17,18,19)/t14-/m0/s1. The maximum Gasteiger partial charge on any atom is 0.413 e. The quantitative estimate of drug-likeness (QED) is 0.889. The molecule has 2 aromatic rings. The fourth-order valence-electron chi connectivity index (χ4n) is 1.89. The van der Waals surface area contributed by atoms with Gasteiger partial charge in [-0.25, -0.2) is 4.79 Å². The summed E-state index contributed by atoms with van der Waals surface area (Å²) in [5, 5.41) is 7.27. The Balaban J connectivity index is 2.04. The van der Waals surface area contributed by atoms with Crippen molar-refractivity contribution in [1.29, 1.82) is 0 Å². The van der Waals surface area contributed by atoms with Crippen LogP contribution < -0.4 is 10.6 Å². The second-order valence-electron chi connectivity index (χ2n) is 4.28. The molecule has 0 saturated carbocycles. The highest BCUT2D eigenvalue weighted by molar-refractivity contribution is 7.10. The summed E-state index contributed by atoms with van der Waals surface area (Å²) >= 11 is 1.61. The van der Waals surface area contributed by atoms with Gasteiger partial charge >= 0.3 is 6.09 Å². The lowest BCUT2D eigenvalue weighted by Gasteiger charge is -2.17. The first-order chi connectivity index (χ1) is 10.2. The summed E-state index contributed by atoms with van der Waals surface area (Å²) in [7, 11) is 1.22. The first-order valence-electron chi connectivity index (χ1n) is 6.40. The Morgan fingerprint density at radius 2 is 1.95 bits per heavy atom. The lowest BCUT2D eigenvalue weighted by molar-refractivity contribution is -0.119. The summed E-state index contributed by atoms with van der Waals surface area (Å²) in [6.07, 6.45) is -0.755. The molecule has 110 valence electrons. The van der Waals surface area contributed by atoms with Gasteiger partial charge in [0.1, 0.15) is 0 Å². The molecule has 0 radical (unpaired) electrons. The van der Waals surface area contributed by atoms with Gasteiger partial charge in [-0.15, -0.1) is 11.3 Å². The van der Waals surface area contributed by atoms with Crippen molar-refractivity contribution in [2.75, 3.05) is 13.7 Å². The minimum Gasteiger partial charge on any atom is -0.453 e. The van der Waals surface area contributed by atoms with Crippen molar-refractivity contribution in [2.24, 2.45) is 0 Å². The maximum absolute atomic E-state index is 11.6. The van der Waals surface area contributed by atoms with E-state index in [-0.39, 0.29) is 12.6 Å². The molecule has 21 heavy (non-hydrogen) atoms. The first-order valence-corrected chi connectivity index (χ1v) is 7.28. The average molecular weight is 304 g/mol. The smallest absolute Gasteiger partial charge is 0.413 e. The van der Waals surface area contributed by atoms with Gasteiger partial charge in [-0.05, 0) is 17.0 Å². The second-order valence-corrected chi connectivity index (χ2v) is 5.26. The summed E-state index contributed by atoms with van der Waals surface area (Å²) in [6.45, 7) is 0.0204. The van der Waals surface area contributed by atoms with Crippen LogP contribution in [0.15, 0.2) is 47.8 Å². The minimum absolute atomic E-state index is 0.0204. The molecule has 1 aromatic carbocycles. The SMILES string of the molecule is COC(=O)NC(=O)CN[C@@H](c1ccccc1)c1cccs1. The molecule has 2 rings (SSSR count). The molecular formula is C15H16N2O3S. The van der Waals surface area contributed by atoms with Crippen LogP contribution in [0.4, 0.5) is 4.79 Å². The molecule has 0 fully saturated rings. The Morgan fingerprint density at radius 1 is 1.19 bits per heavy atom. The number of nitrogens with one attached hydrogen (secondary N) is 2. The van der Waals surface area contributed by atoms with E-state index < -0.39 is 12.0 Å². The molecule has 1 heterocycles. The average Bonchev–Trinajstić information content (AvgIpc) is 3.02. The Kier molecular flexibility index (Phi) is 5.48. The summed E-state index contributed by atoms with van der Waals surface area (Å²) in [6, 6.07) is 13.7. The number of alkyl carbamates (subject to hydrolysis) is 1. The van der Waals surface area contributed by atoms with E-state index in [0.717, 1.165) is 10.4 Å². The fraction of sp³-hybridized carbons (Fsp3) is 0.200. The van der Waals surface area contributed by atoms with E-state index in [1.54, 1.807) is 11.3 Å². The zero-order valence-corrected chi connectivity index (χ0v) is 12.4. The van der Waals surface area contributed by atoms with Crippen molar-refractivity contribution in [2.45, 2.75) is 6.04 Å². The van der Waals surface area contributed by atoms with Gasteiger partial charge in [0.2, 0.25) is 5.91 Å². The molecule has 0 aliphatic carbocycles. The zero-order chi connectivity index (χ0) is 15.1. The van der Waals surface area contributed by atoms with Crippen molar-refractivity contribution in [3.8, 4) is 0 Å². The number of methoxy groups -OCH3 is 1. The molecule has 0 bridgehead atoms. The number of imide groups is 1. The fourth-order valence-corrected chi connectivity index (χ4v) is 2.71. The molecule has 0 aliphatic heterocycles. The van der Waals surface area contributed by atoms with Crippen LogP contribution in [0.2, 0.25) is 0 Å². The number of hydrogen-bond acceptors (Lipinski definition) is 5. The number of amides is 2. The highest BCUT2D eigenvalue weighted by Gasteiger charge is 2.16. The van der Waals surface area contributed by atoms with Gasteiger partial charge in [-0.1, -0.05) is 36.4 Å². The van der Waals surface area contributed by atoms with Crippen molar-refractivity contribution in [1.82, 2.24) is 10.6 Å². The molecule has 0 aliphatic rings. The molecule has 5 nitrogen and oxygen atoms in total. The molecule has 2 amide bonds. The minimum atomic E-state index is -0.755. The largest absolute Gasteiger partial charge is 0.453 e. The second kappa shape index (κ2) is 7.56. The number of thiophene rings is 1. The van der Waals surface area contributed by atoms with Gasteiger partial charge in [0, 0.05) is 4.88 Å². The van der Waals surface area contributed by atoms with Gasteiger partial charge in [0.05, 0.1) is 19.7 Å². The Labute approximate surface area is 126 Å². The van der Waals surface area contributed by atoms with Gasteiger partial charge in [0.15, 0.2) is 0 Å². The Morgan fingerprint density at radius 3 is 2.57 bits per heavy atom. The van der Waals surface area contributed by atoms with E-state index in [1.165, 1.54) is 7.11 Å².